The second-order valence-electron chi connectivity index (χ2n) is 5.00. The van der Waals surface area contributed by atoms with E-state index in [0.29, 0.717) is 5.69 Å². The first-order valence-electron chi connectivity index (χ1n) is 6.48. The molecule has 2 aromatic carbocycles. The molecule has 4 nitrogen and oxygen atoms in total. The zero-order valence-corrected chi connectivity index (χ0v) is 11.8. The number of hydrogen-bond donors (Lipinski definition) is 1. The van der Waals surface area contributed by atoms with Crippen LogP contribution in [0, 0.1) is 13.8 Å². The highest BCUT2D eigenvalue weighted by atomic mass is 16.5. The van der Waals surface area contributed by atoms with E-state index in [0.717, 1.165) is 22.5 Å². The third-order valence-electron chi connectivity index (χ3n) is 3.59. The molecule has 0 aliphatic carbocycles. The first kappa shape index (κ1) is 12.5. The molecule has 0 radical (unpaired) electrons. The monoisotopic (exact) mass is 267 g/mol. The Hall–Kier alpha value is -2.49. The molecule has 0 bridgehead atoms. The summed E-state index contributed by atoms with van der Waals surface area (Å²) in [6, 6.07) is 9.92. The minimum absolute atomic E-state index is 0.671. The van der Waals surface area contributed by atoms with Crippen LogP contribution in [0.1, 0.15) is 11.1 Å². The molecular weight excluding hydrogens is 250 g/mol. The Morgan fingerprint density at radius 2 is 1.80 bits per heavy atom. The third kappa shape index (κ3) is 1.99. The lowest BCUT2D eigenvalue weighted by Gasteiger charge is -2.09. The van der Waals surface area contributed by atoms with Crippen molar-refractivity contribution < 1.29 is 4.74 Å². The highest BCUT2D eigenvalue weighted by Gasteiger charge is 2.08. The van der Waals surface area contributed by atoms with Crippen molar-refractivity contribution in [2.75, 3.05) is 12.8 Å². The van der Waals surface area contributed by atoms with E-state index in [2.05, 4.69) is 31.0 Å². The van der Waals surface area contributed by atoms with E-state index in [9.17, 15) is 0 Å². The maximum Gasteiger partial charge on any atom is 0.123 e. The van der Waals surface area contributed by atoms with E-state index in [-0.39, 0.29) is 0 Å². The highest BCUT2D eigenvalue weighted by molar-refractivity contribution is 5.79. The third-order valence-corrected chi connectivity index (χ3v) is 3.59. The van der Waals surface area contributed by atoms with E-state index < -0.39 is 0 Å². The minimum Gasteiger partial charge on any atom is -0.497 e. The van der Waals surface area contributed by atoms with E-state index in [4.69, 9.17) is 10.5 Å². The highest BCUT2D eigenvalue weighted by Crippen LogP contribution is 2.26. The molecule has 0 aliphatic rings. The fourth-order valence-electron chi connectivity index (χ4n) is 2.33. The summed E-state index contributed by atoms with van der Waals surface area (Å²) in [6.07, 6.45) is 1.82. The second-order valence-corrected chi connectivity index (χ2v) is 5.00. The predicted molar refractivity (Wildman–Crippen MR) is 81.5 cm³/mol. The summed E-state index contributed by atoms with van der Waals surface area (Å²) in [5.41, 5.74) is 12.1. The Morgan fingerprint density at radius 3 is 2.55 bits per heavy atom. The van der Waals surface area contributed by atoms with Crippen molar-refractivity contribution in [2.24, 2.45) is 0 Å². The maximum absolute atomic E-state index is 5.93. The lowest BCUT2D eigenvalue weighted by atomic mass is 10.1. The number of imidazole rings is 1. The van der Waals surface area contributed by atoms with Gasteiger partial charge < -0.3 is 10.5 Å². The smallest absolute Gasteiger partial charge is 0.123 e. The molecule has 2 N–H and O–H groups in total. The molecule has 0 unspecified atom stereocenters. The number of aromatic nitrogens is 2. The van der Waals surface area contributed by atoms with Crippen molar-refractivity contribution in [1.29, 1.82) is 0 Å². The topological polar surface area (TPSA) is 53.1 Å². The van der Waals surface area contributed by atoms with Crippen LogP contribution in [0.15, 0.2) is 36.7 Å². The Balaban J connectivity index is 2.24. The van der Waals surface area contributed by atoms with Gasteiger partial charge in [0.2, 0.25) is 0 Å². The molecule has 0 saturated heterocycles. The predicted octanol–water partition coefficient (Wildman–Crippen LogP) is 3.23. The van der Waals surface area contributed by atoms with Crippen LogP contribution in [-0.4, -0.2) is 16.7 Å². The number of fused-ring (bicyclic) bond motifs is 1. The average molecular weight is 267 g/mol. The van der Waals surface area contributed by atoms with Crippen LogP contribution >= 0.6 is 0 Å². The maximum atomic E-state index is 5.93. The van der Waals surface area contributed by atoms with Crippen molar-refractivity contribution in [3.63, 3.8) is 0 Å². The normalized spacial score (nSPS) is 10.9. The van der Waals surface area contributed by atoms with Gasteiger partial charge in [-0.1, -0.05) is 0 Å². The lowest BCUT2D eigenvalue weighted by Crippen LogP contribution is -1.96. The molecule has 1 aromatic heterocycles. The lowest BCUT2D eigenvalue weighted by molar-refractivity contribution is 0.415. The molecule has 3 rings (SSSR count). The van der Waals surface area contributed by atoms with E-state index >= 15 is 0 Å². The van der Waals surface area contributed by atoms with Crippen LogP contribution < -0.4 is 10.5 Å². The van der Waals surface area contributed by atoms with Gasteiger partial charge in [0.1, 0.15) is 12.1 Å². The second kappa shape index (κ2) is 4.56. The summed E-state index contributed by atoms with van der Waals surface area (Å²) in [7, 11) is 1.64. The van der Waals surface area contributed by atoms with Crippen molar-refractivity contribution in [2.45, 2.75) is 13.8 Å². The number of benzene rings is 2. The van der Waals surface area contributed by atoms with Gasteiger partial charge in [-0.05, 0) is 43.2 Å². The van der Waals surface area contributed by atoms with E-state index in [1.54, 1.807) is 13.2 Å². The van der Waals surface area contributed by atoms with Crippen molar-refractivity contribution >= 4 is 16.7 Å². The van der Waals surface area contributed by atoms with Crippen LogP contribution in [0.2, 0.25) is 0 Å². The zero-order valence-electron chi connectivity index (χ0n) is 11.8. The van der Waals surface area contributed by atoms with E-state index in [1.165, 1.54) is 11.1 Å². The molecule has 0 atom stereocenters. The summed E-state index contributed by atoms with van der Waals surface area (Å²) >= 11 is 0. The molecule has 1 heterocycles. The Bertz CT molecular complexity index is 790. The fourth-order valence-corrected chi connectivity index (χ4v) is 2.33. The van der Waals surface area contributed by atoms with Crippen LogP contribution in [0.5, 0.6) is 5.75 Å². The van der Waals surface area contributed by atoms with E-state index in [1.807, 2.05) is 23.0 Å². The van der Waals surface area contributed by atoms with Gasteiger partial charge >= 0.3 is 0 Å². The van der Waals surface area contributed by atoms with Gasteiger partial charge in [0, 0.05) is 17.8 Å². The molecule has 0 fully saturated rings. The Morgan fingerprint density at radius 1 is 1.05 bits per heavy atom. The first-order valence-corrected chi connectivity index (χ1v) is 6.48. The quantitative estimate of drug-likeness (QED) is 0.725. The SMILES string of the molecule is COc1cc(N)cc(-n2cnc3cc(C)c(C)cc32)c1. The van der Waals surface area contributed by atoms with Gasteiger partial charge in [-0.15, -0.1) is 0 Å². The number of nitrogens with zero attached hydrogens (tertiary/aromatic N) is 2. The van der Waals surface area contributed by atoms with Crippen molar-refractivity contribution in [3.8, 4) is 11.4 Å². The van der Waals surface area contributed by atoms with Gasteiger partial charge in [0.15, 0.2) is 0 Å². The Labute approximate surface area is 117 Å². The molecular formula is C16H17N3O. The van der Waals surface area contributed by atoms with Crippen molar-refractivity contribution in [3.05, 3.63) is 47.8 Å². The molecule has 102 valence electrons. The molecule has 3 aromatic rings. The van der Waals surface area contributed by atoms with Crippen LogP contribution in [0.25, 0.3) is 16.7 Å². The summed E-state index contributed by atoms with van der Waals surface area (Å²) in [4.78, 5) is 4.46. The fraction of sp³-hybridized carbons (Fsp3) is 0.188. The standard InChI is InChI=1S/C16H17N3O/c1-10-4-15-16(5-11(10)2)19(9-18-15)13-6-12(17)7-14(8-13)20-3/h4-9H,17H2,1-3H3. The summed E-state index contributed by atoms with van der Waals surface area (Å²) in [5, 5.41) is 0. The summed E-state index contributed by atoms with van der Waals surface area (Å²) in [6.45, 7) is 4.20. The van der Waals surface area contributed by atoms with Crippen molar-refractivity contribution in [1.82, 2.24) is 9.55 Å². The molecule has 0 saturated carbocycles. The number of aryl methyl sites for hydroxylation is 2. The largest absolute Gasteiger partial charge is 0.497 e. The van der Waals surface area contributed by atoms with Gasteiger partial charge in [0.25, 0.3) is 0 Å². The number of nitrogen functional groups attached to an aromatic ring is 1. The molecule has 0 amide bonds. The summed E-state index contributed by atoms with van der Waals surface area (Å²) < 4.78 is 7.30. The molecule has 0 aliphatic heterocycles. The number of anilines is 1. The van der Waals surface area contributed by atoms with Crippen LogP contribution in [0.4, 0.5) is 5.69 Å². The number of methoxy groups -OCH3 is 1. The number of ether oxygens (including phenoxy) is 1. The van der Waals surface area contributed by atoms with Gasteiger partial charge in [0.05, 0.1) is 23.8 Å². The molecule has 20 heavy (non-hydrogen) atoms. The number of rotatable bonds is 2. The summed E-state index contributed by atoms with van der Waals surface area (Å²) in [5.74, 6) is 0.741. The first-order chi connectivity index (χ1) is 9.58. The zero-order chi connectivity index (χ0) is 14.3. The van der Waals surface area contributed by atoms with Gasteiger partial charge in [-0.25, -0.2) is 4.98 Å². The minimum atomic E-state index is 0.671. The Kier molecular flexibility index (Phi) is 2.86. The molecule has 0 spiro atoms. The van der Waals surface area contributed by atoms with Crippen LogP contribution in [0.3, 0.4) is 0 Å². The average Bonchev–Trinajstić information content (AvgIpc) is 2.81. The molecule has 4 heteroatoms. The van der Waals surface area contributed by atoms with Gasteiger partial charge in [-0.3, -0.25) is 4.57 Å². The number of nitrogens with two attached hydrogens (primary N) is 1. The van der Waals surface area contributed by atoms with Crippen LogP contribution in [-0.2, 0) is 0 Å². The van der Waals surface area contributed by atoms with Gasteiger partial charge in [-0.2, -0.15) is 0 Å². The number of hydrogen-bond acceptors (Lipinski definition) is 3.